The zero-order valence-corrected chi connectivity index (χ0v) is 18.5. The molecule has 1 aromatic carbocycles. The van der Waals surface area contributed by atoms with Gasteiger partial charge in [-0.3, -0.25) is 9.52 Å². The first kappa shape index (κ1) is 20.6. The Morgan fingerprint density at radius 2 is 1.97 bits per heavy atom. The molecule has 0 saturated heterocycles. The molecular formula is C23H23FN4O3S. The Labute approximate surface area is 186 Å². The monoisotopic (exact) mass is 454 g/mol. The van der Waals surface area contributed by atoms with E-state index in [2.05, 4.69) is 14.9 Å². The van der Waals surface area contributed by atoms with Crippen molar-refractivity contribution in [3.63, 3.8) is 0 Å². The number of benzene rings is 1. The number of hydrogen-bond acceptors (Lipinski definition) is 5. The maximum Gasteiger partial charge on any atom is 0.258 e. The normalized spacial score (nSPS) is 22.2. The molecule has 1 aromatic rings. The van der Waals surface area contributed by atoms with Gasteiger partial charge in [0.05, 0.1) is 23.9 Å². The lowest BCUT2D eigenvalue weighted by atomic mass is 9.90. The summed E-state index contributed by atoms with van der Waals surface area (Å²) in [5.74, 6) is -0.491. The molecule has 32 heavy (non-hydrogen) atoms. The van der Waals surface area contributed by atoms with Crippen LogP contribution in [0.15, 0.2) is 82.4 Å². The molecule has 4 aliphatic rings. The number of nitrogens with one attached hydrogen (secondary N) is 2. The standard InChI is InChI=1S/C23H23FN4O3S/c1-3-32(30,31)26-16-6-9-19-18(10-16)22-21-14(11-25-12-20(21)27(2)23(22)29)13-28(19)17-7-4-15(24)5-8-17/h4-11,19,25-26H,3,12-13H2,1-2H3. The molecule has 1 unspecified atom stereocenters. The number of carbonyl (C=O) groups excluding carboxylic acids is 1. The molecule has 0 spiro atoms. The van der Waals surface area contributed by atoms with E-state index in [-0.39, 0.29) is 23.5 Å². The summed E-state index contributed by atoms with van der Waals surface area (Å²) in [6, 6.07) is 5.93. The SMILES string of the molecule is CCS(=O)(=O)NC1=CC2=C3C(=O)N(C)C4=C3C(=CNC4)CN(c3ccc(F)cc3)C2C=C1. The average Bonchev–Trinajstić information content (AvgIpc) is 2.94. The number of hydrogen-bond donors (Lipinski definition) is 2. The molecule has 0 fully saturated rings. The van der Waals surface area contributed by atoms with Gasteiger partial charge in [0.1, 0.15) is 5.82 Å². The molecule has 1 atom stereocenters. The first-order chi connectivity index (χ1) is 15.3. The lowest BCUT2D eigenvalue weighted by Gasteiger charge is -2.34. The van der Waals surface area contributed by atoms with Crippen molar-refractivity contribution in [1.82, 2.24) is 14.9 Å². The Kier molecular flexibility index (Phi) is 4.74. The number of halogens is 1. The van der Waals surface area contributed by atoms with Gasteiger partial charge in [-0.2, -0.15) is 0 Å². The van der Waals surface area contributed by atoms with Crippen LogP contribution < -0.4 is 14.9 Å². The lowest BCUT2D eigenvalue weighted by molar-refractivity contribution is -0.123. The zero-order chi connectivity index (χ0) is 22.6. The Morgan fingerprint density at radius 3 is 2.69 bits per heavy atom. The van der Waals surface area contributed by atoms with E-state index in [1.165, 1.54) is 12.1 Å². The molecule has 0 saturated carbocycles. The molecule has 1 amide bonds. The number of carbonyl (C=O) groups is 1. The number of rotatable bonds is 4. The molecule has 0 radical (unpaired) electrons. The van der Waals surface area contributed by atoms with Crippen LogP contribution in [0.25, 0.3) is 0 Å². The van der Waals surface area contributed by atoms with E-state index in [1.54, 1.807) is 43.2 Å². The van der Waals surface area contributed by atoms with Gasteiger partial charge in [-0.25, -0.2) is 12.8 Å². The number of nitrogens with zero attached hydrogens (tertiary/aromatic N) is 2. The fraction of sp³-hybridized carbons (Fsp3) is 0.261. The number of amides is 1. The van der Waals surface area contributed by atoms with Gasteiger partial charge >= 0.3 is 0 Å². The van der Waals surface area contributed by atoms with Crippen molar-refractivity contribution >= 4 is 21.6 Å². The van der Waals surface area contributed by atoms with Gasteiger partial charge in [-0.05, 0) is 54.5 Å². The van der Waals surface area contributed by atoms with E-state index in [1.807, 2.05) is 12.3 Å². The van der Waals surface area contributed by atoms with E-state index < -0.39 is 10.0 Å². The first-order valence-corrected chi connectivity index (χ1v) is 12.1. The Balaban J connectivity index is 1.71. The maximum atomic E-state index is 13.6. The van der Waals surface area contributed by atoms with Gasteiger partial charge in [0.2, 0.25) is 10.0 Å². The van der Waals surface area contributed by atoms with Crippen molar-refractivity contribution in [3.8, 4) is 0 Å². The van der Waals surface area contributed by atoms with Gasteiger partial charge in [-0.1, -0.05) is 6.08 Å². The number of fused-ring (bicyclic) bond motifs is 1. The first-order valence-electron chi connectivity index (χ1n) is 10.4. The second-order valence-electron chi connectivity index (χ2n) is 8.08. The topological polar surface area (TPSA) is 81.8 Å². The Hall–Kier alpha value is -3.33. The van der Waals surface area contributed by atoms with Crippen LogP contribution in [0, 0.1) is 5.82 Å². The number of sulfonamides is 1. The van der Waals surface area contributed by atoms with Gasteiger partial charge < -0.3 is 15.1 Å². The molecular weight excluding hydrogens is 431 g/mol. The predicted molar refractivity (Wildman–Crippen MR) is 120 cm³/mol. The average molecular weight is 455 g/mol. The largest absolute Gasteiger partial charge is 0.385 e. The van der Waals surface area contributed by atoms with Gasteiger partial charge in [-0.15, -0.1) is 0 Å². The molecule has 5 rings (SSSR count). The lowest BCUT2D eigenvalue weighted by Crippen LogP contribution is -2.39. The summed E-state index contributed by atoms with van der Waals surface area (Å²) in [6.45, 7) is 2.61. The quantitative estimate of drug-likeness (QED) is 0.727. The number of allylic oxidation sites excluding steroid dienone is 1. The minimum atomic E-state index is -3.47. The van der Waals surface area contributed by atoms with Crippen LogP contribution in [-0.4, -0.2) is 51.2 Å². The van der Waals surface area contributed by atoms with E-state index in [4.69, 9.17) is 0 Å². The fourth-order valence-electron chi connectivity index (χ4n) is 4.57. The van der Waals surface area contributed by atoms with Gasteiger partial charge in [0.15, 0.2) is 0 Å². The predicted octanol–water partition coefficient (Wildman–Crippen LogP) is 1.92. The van der Waals surface area contributed by atoms with Crippen molar-refractivity contribution in [2.45, 2.75) is 13.0 Å². The minimum Gasteiger partial charge on any atom is -0.385 e. The summed E-state index contributed by atoms with van der Waals surface area (Å²) in [7, 11) is -1.72. The third-order valence-corrected chi connectivity index (χ3v) is 7.50. The van der Waals surface area contributed by atoms with Gasteiger partial charge in [0, 0.05) is 42.4 Å². The van der Waals surface area contributed by atoms with Crippen LogP contribution in [-0.2, 0) is 14.8 Å². The maximum absolute atomic E-state index is 13.6. The zero-order valence-electron chi connectivity index (χ0n) is 17.7. The number of anilines is 1. The van der Waals surface area contributed by atoms with E-state index >= 15 is 0 Å². The molecule has 7 nitrogen and oxygen atoms in total. The third kappa shape index (κ3) is 3.24. The van der Waals surface area contributed by atoms with Crippen molar-refractivity contribution in [2.75, 3.05) is 30.8 Å². The highest BCUT2D eigenvalue weighted by Gasteiger charge is 2.42. The highest BCUT2D eigenvalue weighted by atomic mass is 32.2. The van der Waals surface area contributed by atoms with E-state index in [9.17, 15) is 17.6 Å². The number of likely N-dealkylation sites (N-methyl/N-ethyl adjacent to an activating group) is 1. The van der Waals surface area contributed by atoms with Crippen LogP contribution in [0.3, 0.4) is 0 Å². The summed E-state index contributed by atoms with van der Waals surface area (Å²) in [5.41, 5.74) is 5.27. The molecule has 166 valence electrons. The second kappa shape index (κ2) is 7.37. The molecule has 0 aromatic heterocycles. The third-order valence-electron chi connectivity index (χ3n) is 6.19. The molecule has 1 aliphatic carbocycles. The van der Waals surface area contributed by atoms with Crippen LogP contribution in [0.4, 0.5) is 10.1 Å². The second-order valence-corrected chi connectivity index (χ2v) is 10.1. The van der Waals surface area contributed by atoms with Crippen molar-refractivity contribution in [3.05, 3.63) is 88.2 Å². The van der Waals surface area contributed by atoms with Crippen LogP contribution in [0.5, 0.6) is 0 Å². The smallest absolute Gasteiger partial charge is 0.258 e. The molecule has 3 aliphatic heterocycles. The van der Waals surface area contributed by atoms with Crippen LogP contribution in [0.1, 0.15) is 6.92 Å². The van der Waals surface area contributed by atoms with E-state index in [0.29, 0.717) is 24.4 Å². The summed E-state index contributed by atoms with van der Waals surface area (Å²) in [4.78, 5) is 17.1. The van der Waals surface area contributed by atoms with Crippen LogP contribution in [0.2, 0.25) is 0 Å². The fourth-order valence-corrected chi connectivity index (χ4v) is 5.20. The molecule has 3 heterocycles. The summed E-state index contributed by atoms with van der Waals surface area (Å²) in [6.07, 6.45) is 7.28. The Morgan fingerprint density at radius 1 is 1.22 bits per heavy atom. The van der Waals surface area contributed by atoms with E-state index in [0.717, 1.165) is 28.1 Å². The summed E-state index contributed by atoms with van der Waals surface area (Å²) >= 11 is 0. The highest BCUT2D eigenvalue weighted by molar-refractivity contribution is 7.89. The number of dihydropyridines is 1. The van der Waals surface area contributed by atoms with Crippen molar-refractivity contribution < 1.29 is 17.6 Å². The minimum absolute atomic E-state index is 0.0509. The molecule has 0 bridgehead atoms. The molecule has 9 heteroatoms. The summed E-state index contributed by atoms with van der Waals surface area (Å²) < 4.78 is 40.5. The Bertz CT molecular complexity index is 1270. The van der Waals surface area contributed by atoms with Crippen molar-refractivity contribution in [1.29, 1.82) is 0 Å². The molecule has 2 N–H and O–H groups in total. The summed E-state index contributed by atoms with van der Waals surface area (Å²) in [5, 5.41) is 3.25. The highest BCUT2D eigenvalue weighted by Crippen LogP contribution is 2.43. The van der Waals surface area contributed by atoms with Crippen LogP contribution >= 0.6 is 0 Å². The van der Waals surface area contributed by atoms with Crippen molar-refractivity contribution in [2.24, 2.45) is 0 Å². The van der Waals surface area contributed by atoms with Gasteiger partial charge in [0.25, 0.3) is 5.91 Å².